The van der Waals surface area contributed by atoms with Gasteiger partial charge < -0.3 is 0 Å². The highest BCUT2D eigenvalue weighted by Crippen LogP contribution is 2.10. The monoisotopic (exact) mass is 254 g/mol. The van der Waals surface area contributed by atoms with Gasteiger partial charge in [0.15, 0.2) is 0 Å². The number of aryl methyl sites for hydroxylation is 2. The van der Waals surface area contributed by atoms with E-state index in [0.717, 1.165) is 25.7 Å². The fourth-order valence-electron chi connectivity index (χ4n) is 2.28. The lowest BCUT2D eigenvalue weighted by atomic mass is 9.99. The van der Waals surface area contributed by atoms with Crippen molar-refractivity contribution in [1.82, 2.24) is 5.43 Å². The third kappa shape index (κ3) is 4.86. The highest BCUT2D eigenvalue weighted by Gasteiger charge is 2.07. The van der Waals surface area contributed by atoms with Crippen LogP contribution in [0, 0.1) is 0 Å². The molecule has 0 unspecified atom stereocenters. The zero-order chi connectivity index (χ0) is 13.3. The Balaban J connectivity index is 1.77. The van der Waals surface area contributed by atoms with Gasteiger partial charge in [-0.2, -0.15) is 0 Å². The quantitative estimate of drug-likeness (QED) is 0.588. The van der Waals surface area contributed by atoms with Crippen LogP contribution in [0.15, 0.2) is 60.7 Å². The molecule has 2 nitrogen and oxygen atoms in total. The third-order valence-electron chi connectivity index (χ3n) is 3.48. The van der Waals surface area contributed by atoms with Crippen LogP contribution in [0.3, 0.4) is 0 Å². The van der Waals surface area contributed by atoms with Crippen molar-refractivity contribution in [3.05, 3.63) is 71.8 Å². The van der Waals surface area contributed by atoms with Crippen LogP contribution in [0.1, 0.15) is 24.0 Å². The van der Waals surface area contributed by atoms with Gasteiger partial charge in [0.25, 0.3) is 0 Å². The molecule has 0 amide bonds. The average Bonchev–Trinajstić information content (AvgIpc) is 2.49. The molecule has 0 fully saturated rings. The standard InChI is InChI=1S/C17H22N2/c18-19-17(13-11-15-7-3-1-4-8-15)14-12-16-9-5-2-6-10-16/h1-10,17,19H,11-14,18H2. The minimum Gasteiger partial charge on any atom is -0.271 e. The zero-order valence-electron chi connectivity index (χ0n) is 11.3. The minimum atomic E-state index is 0.375. The van der Waals surface area contributed by atoms with Gasteiger partial charge in [-0.3, -0.25) is 11.3 Å². The van der Waals surface area contributed by atoms with E-state index in [0.29, 0.717) is 6.04 Å². The van der Waals surface area contributed by atoms with E-state index in [1.165, 1.54) is 11.1 Å². The molecule has 0 aliphatic heterocycles. The van der Waals surface area contributed by atoms with Crippen molar-refractivity contribution in [2.75, 3.05) is 0 Å². The van der Waals surface area contributed by atoms with Crippen LogP contribution in [0.4, 0.5) is 0 Å². The van der Waals surface area contributed by atoms with Gasteiger partial charge in [0.2, 0.25) is 0 Å². The van der Waals surface area contributed by atoms with Crippen LogP contribution in [0.2, 0.25) is 0 Å². The highest BCUT2D eigenvalue weighted by atomic mass is 15.2. The predicted molar refractivity (Wildman–Crippen MR) is 80.6 cm³/mol. The van der Waals surface area contributed by atoms with E-state index in [4.69, 9.17) is 5.84 Å². The summed E-state index contributed by atoms with van der Waals surface area (Å²) in [5.74, 6) is 5.65. The Bertz CT molecular complexity index is 410. The van der Waals surface area contributed by atoms with E-state index in [1.54, 1.807) is 0 Å². The predicted octanol–water partition coefficient (Wildman–Crippen LogP) is 3.08. The topological polar surface area (TPSA) is 38.0 Å². The molecule has 2 aromatic carbocycles. The first-order chi connectivity index (χ1) is 9.38. The largest absolute Gasteiger partial charge is 0.271 e. The first-order valence-electron chi connectivity index (χ1n) is 6.92. The van der Waals surface area contributed by atoms with E-state index in [9.17, 15) is 0 Å². The first-order valence-corrected chi connectivity index (χ1v) is 6.92. The molecule has 19 heavy (non-hydrogen) atoms. The molecule has 100 valence electrons. The molecule has 0 heterocycles. The summed E-state index contributed by atoms with van der Waals surface area (Å²) in [6, 6.07) is 21.5. The van der Waals surface area contributed by atoms with E-state index >= 15 is 0 Å². The van der Waals surface area contributed by atoms with Crippen LogP contribution in [0.5, 0.6) is 0 Å². The number of nitrogens with two attached hydrogens (primary N) is 1. The molecule has 2 aromatic rings. The second kappa shape index (κ2) is 7.72. The Kier molecular flexibility index (Phi) is 5.60. The number of hydrazine groups is 1. The van der Waals surface area contributed by atoms with Gasteiger partial charge in [-0.1, -0.05) is 60.7 Å². The van der Waals surface area contributed by atoms with E-state index in [2.05, 4.69) is 66.1 Å². The highest BCUT2D eigenvalue weighted by molar-refractivity contribution is 5.16. The smallest absolute Gasteiger partial charge is 0.0216 e. The molecule has 0 aromatic heterocycles. The Morgan fingerprint density at radius 2 is 1.16 bits per heavy atom. The van der Waals surface area contributed by atoms with Crippen molar-refractivity contribution in [2.24, 2.45) is 5.84 Å². The summed E-state index contributed by atoms with van der Waals surface area (Å²) in [7, 11) is 0. The van der Waals surface area contributed by atoms with Crippen LogP contribution < -0.4 is 11.3 Å². The molecule has 2 heteroatoms. The fraction of sp³-hybridized carbons (Fsp3) is 0.294. The van der Waals surface area contributed by atoms with Gasteiger partial charge in [-0.05, 0) is 36.8 Å². The van der Waals surface area contributed by atoms with E-state index in [1.807, 2.05) is 0 Å². The van der Waals surface area contributed by atoms with Crippen LogP contribution in [0.25, 0.3) is 0 Å². The lowest BCUT2D eigenvalue weighted by Crippen LogP contribution is -2.35. The van der Waals surface area contributed by atoms with Crippen molar-refractivity contribution in [3.8, 4) is 0 Å². The average molecular weight is 254 g/mol. The Morgan fingerprint density at radius 3 is 1.53 bits per heavy atom. The molecule has 0 spiro atoms. The van der Waals surface area contributed by atoms with Gasteiger partial charge in [0.1, 0.15) is 0 Å². The molecule has 0 atom stereocenters. The number of hydrogen-bond acceptors (Lipinski definition) is 2. The summed E-state index contributed by atoms with van der Waals surface area (Å²) >= 11 is 0. The van der Waals surface area contributed by atoms with Gasteiger partial charge >= 0.3 is 0 Å². The maximum Gasteiger partial charge on any atom is 0.0216 e. The molecular weight excluding hydrogens is 232 g/mol. The lowest BCUT2D eigenvalue weighted by Gasteiger charge is -2.15. The first kappa shape index (κ1) is 13.8. The molecule has 0 aliphatic rings. The normalized spacial score (nSPS) is 10.8. The number of benzene rings is 2. The van der Waals surface area contributed by atoms with Crippen molar-refractivity contribution in [2.45, 2.75) is 31.7 Å². The summed E-state index contributed by atoms with van der Waals surface area (Å²) in [5.41, 5.74) is 5.70. The second-order valence-electron chi connectivity index (χ2n) is 4.91. The summed E-state index contributed by atoms with van der Waals surface area (Å²) in [6.07, 6.45) is 4.30. The minimum absolute atomic E-state index is 0.375. The number of nitrogens with one attached hydrogen (secondary N) is 1. The Hall–Kier alpha value is -1.64. The third-order valence-corrected chi connectivity index (χ3v) is 3.48. The Morgan fingerprint density at radius 1 is 0.737 bits per heavy atom. The molecular formula is C17H22N2. The number of rotatable bonds is 7. The molecule has 2 rings (SSSR count). The van der Waals surface area contributed by atoms with Crippen LogP contribution in [-0.4, -0.2) is 6.04 Å². The lowest BCUT2D eigenvalue weighted by molar-refractivity contribution is 0.464. The van der Waals surface area contributed by atoms with Gasteiger partial charge in [-0.15, -0.1) is 0 Å². The van der Waals surface area contributed by atoms with Crippen molar-refractivity contribution >= 4 is 0 Å². The van der Waals surface area contributed by atoms with Crippen molar-refractivity contribution in [3.63, 3.8) is 0 Å². The zero-order valence-corrected chi connectivity index (χ0v) is 11.3. The van der Waals surface area contributed by atoms with Crippen LogP contribution >= 0.6 is 0 Å². The summed E-state index contributed by atoms with van der Waals surface area (Å²) < 4.78 is 0. The fourth-order valence-corrected chi connectivity index (χ4v) is 2.28. The summed E-state index contributed by atoms with van der Waals surface area (Å²) in [6.45, 7) is 0. The molecule has 0 bridgehead atoms. The number of hydrogen-bond donors (Lipinski definition) is 2. The molecule has 3 N–H and O–H groups in total. The van der Waals surface area contributed by atoms with E-state index in [-0.39, 0.29) is 0 Å². The van der Waals surface area contributed by atoms with Gasteiger partial charge in [0.05, 0.1) is 0 Å². The summed E-state index contributed by atoms with van der Waals surface area (Å²) in [5, 5.41) is 0. The van der Waals surface area contributed by atoms with E-state index < -0.39 is 0 Å². The summed E-state index contributed by atoms with van der Waals surface area (Å²) in [4.78, 5) is 0. The van der Waals surface area contributed by atoms with Gasteiger partial charge in [0, 0.05) is 6.04 Å². The van der Waals surface area contributed by atoms with Crippen molar-refractivity contribution < 1.29 is 0 Å². The maximum atomic E-state index is 5.65. The van der Waals surface area contributed by atoms with Gasteiger partial charge in [-0.25, -0.2) is 0 Å². The second-order valence-corrected chi connectivity index (χ2v) is 4.91. The molecule has 0 saturated carbocycles. The molecule has 0 aliphatic carbocycles. The van der Waals surface area contributed by atoms with Crippen molar-refractivity contribution in [1.29, 1.82) is 0 Å². The van der Waals surface area contributed by atoms with Crippen LogP contribution in [-0.2, 0) is 12.8 Å². The molecule has 0 saturated heterocycles. The maximum absolute atomic E-state index is 5.65. The molecule has 0 radical (unpaired) electrons. The SMILES string of the molecule is NNC(CCc1ccccc1)CCc1ccccc1. The Labute approximate surface area is 115 Å².